The molecule has 1 heterocycles. The Morgan fingerprint density at radius 1 is 1.50 bits per heavy atom. The molecule has 1 aromatic heterocycles. The predicted octanol–water partition coefficient (Wildman–Crippen LogP) is 3.04. The molecule has 0 aliphatic carbocycles. The highest BCUT2D eigenvalue weighted by molar-refractivity contribution is 9.10. The highest BCUT2D eigenvalue weighted by Gasteiger charge is 2.18. The fourth-order valence-electron chi connectivity index (χ4n) is 1.97. The van der Waals surface area contributed by atoms with Crippen molar-refractivity contribution in [3.05, 3.63) is 33.9 Å². The van der Waals surface area contributed by atoms with Crippen LogP contribution in [0.3, 0.4) is 0 Å². The van der Waals surface area contributed by atoms with Crippen LogP contribution in [-0.4, -0.2) is 28.4 Å². The van der Waals surface area contributed by atoms with Crippen LogP contribution in [0.4, 0.5) is 0 Å². The monoisotopic (exact) mass is 338 g/mol. The number of nitrogens with zero attached hydrogens (tertiary/aromatic N) is 1. The van der Waals surface area contributed by atoms with Crippen LogP contribution in [0.2, 0.25) is 0 Å². The van der Waals surface area contributed by atoms with E-state index in [1.165, 1.54) is 0 Å². The summed E-state index contributed by atoms with van der Waals surface area (Å²) in [6.45, 7) is 2.07. The van der Waals surface area contributed by atoms with Crippen LogP contribution in [0.25, 0.3) is 11.3 Å². The first kappa shape index (κ1) is 14.6. The van der Waals surface area contributed by atoms with Gasteiger partial charge in [-0.15, -0.1) is 0 Å². The molecular formula is C14H15BrN2O3. The molecule has 2 N–H and O–H groups in total. The molecule has 5 nitrogen and oxygen atoms in total. The molecule has 0 unspecified atom stereocenters. The van der Waals surface area contributed by atoms with E-state index in [4.69, 9.17) is 9.84 Å². The summed E-state index contributed by atoms with van der Waals surface area (Å²) in [5.41, 5.74) is 3.20. The fraction of sp³-hybridized carbons (Fsp3) is 0.286. The summed E-state index contributed by atoms with van der Waals surface area (Å²) in [5, 5.41) is 15.8. The maximum atomic E-state index is 10.8. The van der Waals surface area contributed by atoms with E-state index < -0.39 is 5.97 Å². The number of aryl methyl sites for hydroxylation is 1. The van der Waals surface area contributed by atoms with Crippen LogP contribution < -0.4 is 4.74 Å². The number of benzene rings is 1. The molecule has 6 heteroatoms. The molecule has 0 amide bonds. The summed E-state index contributed by atoms with van der Waals surface area (Å²) in [6.07, 6.45) is 0.796. The van der Waals surface area contributed by atoms with E-state index in [1.807, 2.05) is 18.2 Å². The van der Waals surface area contributed by atoms with E-state index in [1.54, 1.807) is 7.11 Å². The lowest BCUT2D eigenvalue weighted by Gasteiger charge is -2.08. The minimum absolute atomic E-state index is 0.108. The zero-order chi connectivity index (χ0) is 14.7. The molecule has 0 saturated heterocycles. The SMILES string of the molecule is CCc1ccc(OC)c(-c2n[nH]c(CC(=O)O)c2Br)c1. The molecule has 0 radical (unpaired) electrons. The van der Waals surface area contributed by atoms with Gasteiger partial charge < -0.3 is 9.84 Å². The standard InChI is InChI=1S/C14H15BrN2O3/c1-3-8-4-5-11(20-2)9(6-8)14-13(15)10(16-17-14)7-12(18)19/h4-6H,3,7H2,1-2H3,(H,16,17)(H,18,19). The van der Waals surface area contributed by atoms with Crippen molar-refractivity contribution in [2.24, 2.45) is 0 Å². The number of aliphatic carboxylic acids is 1. The summed E-state index contributed by atoms with van der Waals surface area (Å²) in [4.78, 5) is 10.8. The average molecular weight is 339 g/mol. The van der Waals surface area contributed by atoms with E-state index in [9.17, 15) is 4.79 Å². The lowest BCUT2D eigenvalue weighted by molar-refractivity contribution is -0.136. The van der Waals surface area contributed by atoms with Gasteiger partial charge in [-0.05, 0) is 40.0 Å². The van der Waals surface area contributed by atoms with Gasteiger partial charge in [0.25, 0.3) is 0 Å². The number of carboxylic acids is 1. The molecule has 0 bridgehead atoms. The number of hydrogen-bond donors (Lipinski definition) is 2. The number of H-pyrrole nitrogens is 1. The molecular weight excluding hydrogens is 324 g/mol. The van der Waals surface area contributed by atoms with E-state index in [2.05, 4.69) is 33.1 Å². The van der Waals surface area contributed by atoms with Crippen molar-refractivity contribution in [1.29, 1.82) is 0 Å². The molecule has 0 atom stereocenters. The van der Waals surface area contributed by atoms with Crippen LogP contribution in [0.15, 0.2) is 22.7 Å². The molecule has 0 aliphatic rings. The van der Waals surface area contributed by atoms with E-state index >= 15 is 0 Å². The average Bonchev–Trinajstić information content (AvgIpc) is 2.78. The van der Waals surface area contributed by atoms with Gasteiger partial charge in [0.15, 0.2) is 0 Å². The molecule has 0 spiro atoms. The minimum Gasteiger partial charge on any atom is -0.496 e. The number of methoxy groups -OCH3 is 1. The van der Waals surface area contributed by atoms with Gasteiger partial charge in [0.05, 0.1) is 23.7 Å². The van der Waals surface area contributed by atoms with E-state index in [0.717, 1.165) is 17.5 Å². The van der Waals surface area contributed by atoms with Gasteiger partial charge in [-0.2, -0.15) is 5.10 Å². The van der Waals surface area contributed by atoms with Crippen LogP contribution in [0.1, 0.15) is 18.2 Å². The second-order valence-electron chi connectivity index (χ2n) is 4.32. The molecule has 20 heavy (non-hydrogen) atoms. The van der Waals surface area contributed by atoms with Crippen molar-refractivity contribution >= 4 is 21.9 Å². The molecule has 2 aromatic rings. The lowest BCUT2D eigenvalue weighted by Crippen LogP contribution is -2.00. The predicted molar refractivity (Wildman–Crippen MR) is 79.0 cm³/mol. The smallest absolute Gasteiger partial charge is 0.309 e. The molecule has 106 valence electrons. The van der Waals surface area contributed by atoms with Crippen LogP contribution in [0, 0.1) is 0 Å². The topological polar surface area (TPSA) is 75.2 Å². The van der Waals surface area contributed by atoms with Gasteiger partial charge in [0.1, 0.15) is 11.4 Å². The van der Waals surface area contributed by atoms with Crippen molar-refractivity contribution in [2.45, 2.75) is 19.8 Å². The highest BCUT2D eigenvalue weighted by Crippen LogP contribution is 2.36. The Hall–Kier alpha value is -1.82. The van der Waals surface area contributed by atoms with Gasteiger partial charge in [-0.3, -0.25) is 9.89 Å². The molecule has 1 aromatic carbocycles. The largest absolute Gasteiger partial charge is 0.496 e. The Balaban J connectivity index is 2.50. The molecule has 0 saturated carbocycles. The Morgan fingerprint density at radius 2 is 2.25 bits per heavy atom. The normalized spacial score (nSPS) is 10.6. The molecule has 0 aliphatic heterocycles. The zero-order valence-corrected chi connectivity index (χ0v) is 12.8. The third-order valence-electron chi connectivity index (χ3n) is 3.03. The second kappa shape index (κ2) is 6.09. The number of nitrogens with one attached hydrogen (secondary N) is 1. The Morgan fingerprint density at radius 3 is 2.85 bits per heavy atom. The van der Waals surface area contributed by atoms with Crippen molar-refractivity contribution in [1.82, 2.24) is 10.2 Å². The van der Waals surface area contributed by atoms with Crippen molar-refractivity contribution in [3.63, 3.8) is 0 Å². The first-order chi connectivity index (χ1) is 9.56. The summed E-state index contributed by atoms with van der Waals surface area (Å²) in [7, 11) is 1.60. The third kappa shape index (κ3) is 2.85. The Kier molecular flexibility index (Phi) is 4.44. The molecule has 2 rings (SSSR count). The van der Waals surface area contributed by atoms with Crippen molar-refractivity contribution in [3.8, 4) is 17.0 Å². The number of rotatable bonds is 5. The Bertz CT molecular complexity index is 637. The minimum atomic E-state index is -0.907. The number of hydrogen-bond acceptors (Lipinski definition) is 3. The van der Waals surface area contributed by atoms with Crippen LogP contribution >= 0.6 is 15.9 Å². The number of carbonyl (C=O) groups is 1. The number of aromatic nitrogens is 2. The third-order valence-corrected chi connectivity index (χ3v) is 3.88. The number of halogens is 1. The lowest BCUT2D eigenvalue weighted by atomic mass is 10.0. The van der Waals surface area contributed by atoms with Gasteiger partial charge in [0.2, 0.25) is 0 Å². The van der Waals surface area contributed by atoms with E-state index in [0.29, 0.717) is 21.6 Å². The van der Waals surface area contributed by atoms with Crippen LogP contribution in [-0.2, 0) is 17.6 Å². The van der Waals surface area contributed by atoms with Crippen LogP contribution in [0.5, 0.6) is 5.75 Å². The summed E-state index contributed by atoms with van der Waals surface area (Å²) < 4.78 is 6.01. The summed E-state index contributed by atoms with van der Waals surface area (Å²) in [5.74, 6) is -0.202. The zero-order valence-electron chi connectivity index (χ0n) is 11.2. The molecule has 0 fully saturated rings. The van der Waals surface area contributed by atoms with Gasteiger partial charge in [-0.1, -0.05) is 13.0 Å². The highest BCUT2D eigenvalue weighted by atomic mass is 79.9. The maximum Gasteiger partial charge on any atom is 0.309 e. The number of ether oxygens (including phenoxy) is 1. The first-order valence-corrected chi connectivity index (χ1v) is 6.98. The van der Waals surface area contributed by atoms with E-state index in [-0.39, 0.29) is 6.42 Å². The van der Waals surface area contributed by atoms with Crippen molar-refractivity contribution in [2.75, 3.05) is 7.11 Å². The quantitative estimate of drug-likeness (QED) is 0.878. The maximum absolute atomic E-state index is 10.8. The first-order valence-electron chi connectivity index (χ1n) is 6.18. The number of aromatic amines is 1. The van der Waals surface area contributed by atoms with Crippen molar-refractivity contribution < 1.29 is 14.6 Å². The van der Waals surface area contributed by atoms with Gasteiger partial charge in [-0.25, -0.2) is 0 Å². The number of carboxylic acid groups (broad SMARTS) is 1. The summed E-state index contributed by atoms with van der Waals surface area (Å²) >= 11 is 3.41. The second-order valence-corrected chi connectivity index (χ2v) is 5.12. The fourth-order valence-corrected chi connectivity index (χ4v) is 2.50. The van der Waals surface area contributed by atoms with Gasteiger partial charge >= 0.3 is 5.97 Å². The summed E-state index contributed by atoms with van der Waals surface area (Å²) in [6, 6.07) is 5.90. The Labute approximate surface area is 125 Å². The van der Waals surface area contributed by atoms with Gasteiger partial charge in [0, 0.05) is 5.56 Å².